The molecule has 0 amide bonds. The summed E-state index contributed by atoms with van der Waals surface area (Å²) < 4.78 is 5.81. The first kappa shape index (κ1) is 22.2. The Morgan fingerprint density at radius 2 is 1.59 bits per heavy atom. The molecule has 0 radical (unpaired) electrons. The number of benzene rings is 3. The number of aliphatic hydroxyl groups excluding tert-OH is 1. The SMILES string of the molecule is O=c1ccc2cc(OC[C@@H](O)CN3CCN(c4ccc(-c5ccccc5)cc4)CC3)ccc2[nH]1. The molecule has 6 heteroatoms. The zero-order valence-corrected chi connectivity index (χ0v) is 19.1. The number of fused-ring (bicyclic) bond motifs is 1. The van der Waals surface area contributed by atoms with Gasteiger partial charge < -0.3 is 19.7 Å². The number of piperazine rings is 1. The highest BCUT2D eigenvalue weighted by Gasteiger charge is 2.20. The van der Waals surface area contributed by atoms with E-state index in [0.29, 0.717) is 12.3 Å². The molecule has 0 spiro atoms. The summed E-state index contributed by atoms with van der Waals surface area (Å²) in [5.41, 5.74) is 4.34. The number of anilines is 1. The first-order valence-electron chi connectivity index (χ1n) is 11.7. The minimum Gasteiger partial charge on any atom is -0.491 e. The second-order valence-corrected chi connectivity index (χ2v) is 8.74. The lowest BCUT2D eigenvalue weighted by Gasteiger charge is -2.37. The lowest BCUT2D eigenvalue weighted by atomic mass is 10.1. The summed E-state index contributed by atoms with van der Waals surface area (Å²) in [7, 11) is 0. The number of ether oxygens (including phenoxy) is 1. The van der Waals surface area contributed by atoms with Crippen molar-refractivity contribution in [1.82, 2.24) is 9.88 Å². The summed E-state index contributed by atoms with van der Waals surface area (Å²) >= 11 is 0. The van der Waals surface area contributed by atoms with E-state index in [1.54, 1.807) is 6.07 Å². The van der Waals surface area contributed by atoms with Crippen molar-refractivity contribution in [2.24, 2.45) is 0 Å². The van der Waals surface area contributed by atoms with E-state index in [1.807, 2.05) is 24.3 Å². The number of aromatic amines is 1. The second-order valence-electron chi connectivity index (χ2n) is 8.74. The molecular weight excluding hydrogens is 426 g/mol. The van der Waals surface area contributed by atoms with Gasteiger partial charge in [0.15, 0.2) is 0 Å². The van der Waals surface area contributed by atoms with Gasteiger partial charge in [0.05, 0.1) is 0 Å². The van der Waals surface area contributed by atoms with Crippen molar-refractivity contribution in [2.75, 3.05) is 44.2 Å². The van der Waals surface area contributed by atoms with Crippen molar-refractivity contribution < 1.29 is 9.84 Å². The van der Waals surface area contributed by atoms with Gasteiger partial charge in [-0.2, -0.15) is 0 Å². The Bertz CT molecular complexity index is 1280. The molecule has 1 saturated heterocycles. The first-order valence-corrected chi connectivity index (χ1v) is 11.7. The van der Waals surface area contributed by atoms with Crippen LogP contribution in [0.1, 0.15) is 0 Å². The topological polar surface area (TPSA) is 68.8 Å². The maximum Gasteiger partial charge on any atom is 0.248 e. The van der Waals surface area contributed by atoms with Crippen LogP contribution in [0.2, 0.25) is 0 Å². The standard InChI is InChI=1S/C28H29N3O3/c32-25(20-34-26-11-12-27-23(18-26)8-13-28(33)29-27)19-30-14-16-31(17-15-30)24-9-6-22(7-10-24)21-4-2-1-3-5-21/h1-13,18,25,32H,14-17,19-20H2,(H,29,33)/t25-/m0/s1. The smallest absolute Gasteiger partial charge is 0.248 e. The fourth-order valence-corrected chi connectivity index (χ4v) is 4.45. The molecular formula is C28H29N3O3. The highest BCUT2D eigenvalue weighted by molar-refractivity contribution is 5.79. The van der Waals surface area contributed by atoms with Crippen LogP contribution >= 0.6 is 0 Å². The van der Waals surface area contributed by atoms with Crippen molar-refractivity contribution in [1.29, 1.82) is 0 Å². The average molecular weight is 456 g/mol. The van der Waals surface area contributed by atoms with Gasteiger partial charge in [-0.05, 0) is 47.5 Å². The van der Waals surface area contributed by atoms with Crippen LogP contribution in [0.15, 0.2) is 89.7 Å². The van der Waals surface area contributed by atoms with Crippen LogP contribution in [0.5, 0.6) is 5.75 Å². The molecule has 5 rings (SSSR count). The summed E-state index contributed by atoms with van der Waals surface area (Å²) in [5, 5.41) is 11.4. The number of aromatic nitrogens is 1. The lowest BCUT2D eigenvalue weighted by Crippen LogP contribution is -2.49. The molecule has 174 valence electrons. The highest BCUT2D eigenvalue weighted by Crippen LogP contribution is 2.24. The minimum atomic E-state index is -0.567. The van der Waals surface area contributed by atoms with Crippen LogP contribution in [-0.4, -0.2) is 60.4 Å². The summed E-state index contributed by atoms with van der Waals surface area (Å²) in [6.07, 6.45) is -0.567. The van der Waals surface area contributed by atoms with Crippen LogP contribution in [0.3, 0.4) is 0 Å². The summed E-state index contributed by atoms with van der Waals surface area (Å²) in [5.74, 6) is 0.683. The van der Waals surface area contributed by atoms with Crippen molar-refractivity contribution in [3.63, 3.8) is 0 Å². The number of nitrogens with zero attached hydrogens (tertiary/aromatic N) is 2. The summed E-state index contributed by atoms with van der Waals surface area (Å²) in [6.45, 7) is 4.49. The van der Waals surface area contributed by atoms with Gasteiger partial charge in [0.2, 0.25) is 5.56 Å². The molecule has 6 nitrogen and oxygen atoms in total. The largest absolute Gasteiger partial charge is 0.491 e. The molecule has 1 fully saturated rings. The maximum atomic E-state index is 11.4. The van der Waals surface area contributed by atoms with E-state index in [1.165, 1.54) is 22.9 Å². The zero-order valence-electron chi connectivity index (χ0n) is 19.1. The van der Waals surface area contributed by atoms with Gasteiger partial charge in [0.1, 0.15) is 18.5 Å². The minimum absolute atomic E-state index is 0.124. The average Bonchev–Trinajstić information content (AvgIpc) is 2.88. The molecule has 3 aromatic carbocycles. The quantitative estimate of drug-likeness (QED) is 0.444. The normalized spacial score (nSPS) is 15.4. The molecule has 2 heterocycles. The molecule has 4 aromatic rings. The van der Waals surface area contributed by atoms with Gasteiger partial charge in [-0.25, -0.2) is 0 Å². The first-order chi connectivity index (χ1) is 16.6. The molecule has 34 heavy (non-hydrogen) atoms. The molecule has 2 N–H and O–H groups in total. The van der Waals surface area contributed by atoms with Gasteiger partial charge in [-0.3, -0.25) is 9.69 Å². The summed E-state index contributed by atoms with van der Waals surface area (Å²) in [4.78, 5) is 18.9. The van der Waals surface area contributed by atoms with Crippen LogP contribution in [0.25, 0.3) is 22.0 Å². The Morgan fingerprint density at radius 1 is 0.853 bits per heavy atom. The maximum absolute atomic E-state index is 11.4. The van der Waals surface area contributed by atoms with Gasteiger partial charge in [-0.1, -0.05) is 42.5 Å². The zero-order chi connectivity index (χ0) is 23.3. The van der Waals surface area contributed by atoms with E-state index in [4.69, 9.17) is 4.74 Å². The molecule has 0 unspecified atom stereocenters. The third-order valence-electron chi connectivity index (χ3n) is 6.32. The highest BCUT2D eigenvalue weighted by atomic mass is 16.5. The van der Waals surface area contributed by atoms with Crippen molar-refractivity contribution in [3.05, 3.63) is 95.3 Å². The number of nitrogens with one attached hydrogen (secondary N) is 1. The van der Waals surface area contributed by atoms with E-state index in [9.17, 15) is 9.90 Å². The Kier molecular flexibility index (Phi) is 6.60. The summed E-state index contributed by atoms with van der Waals surface area (Å²) in [6, 6.07) is 28.0. The van der Waals surface area contributed by atoms with Crippen molar-refractivity contribution in [2.45, 2.75) is 6.10 Å². The monoisotopic (exact) mass is 455 g/mol. The molecule has 1 aliphatic rings. The van der Waals surface area contributed by atoms with E-state index in [2.05, 4.69) is 63.3 Å². The number of rotatable bonds is 7. The number of hydrogen-bond acceptors (Lipinski definition) is 5. The van der Waals surface area contributed by atoms with Gasteiger partial charge in [0, 0.05) is 55.4 Å². The predicted molar refractivity (Wildman–Crippen MR) is 137 cm³/mol. The fraction of sp³-hybridized carbons (Fsp3) is 0.250. The molecule has 0 saturated carbocycles. The molecule has 1 atom stereocenters. The van der Waals surface area contributed by atoms with Crippen molar-refractivity contribution in [3.8, 4) is 16.9 Å². The Labute approximate surface area is 199 Å². The fourth-order valence-electron chi connectivity index (χ4n) is 4.45. The van der Waals surface area contributed by atoms with Crippen LogP contribution in [0.4, 0.5) is 5.69 Å². The molecule has 0 aliphatic carbocycles. The van der Waals surface area contributed by atoms with Crippen molar-refractivity contribution >= 4 is 16.6 Å². The Balaban J connectivity index is 1.09. The van der Waals surface area contributed by atoms with Crippen LogP contribution in [-0.2, 0) is 0 Å². The number of H-pyrrole nitrogens is 1. The van der Waals surface area contributed by atoms with E-state index in [0.717, 1.165) is 37.1 Å². The Hall–Kier alpha value is -3.61. The van der Waals surface area contributed by atoms with E-state index in [-0.39, 0.29) is 12.2 Å². The lowest BCUT2D eigenvalue weighted by molar-refractivity contribution is 0.0663. The predicted octanol–water partition coefficient (Wildman–Crippen LogP) is 3.76. The number of aliphatic hydroxyl groups is 1. The van der Waals surface area contributed by atoms with Crippen LogP contribution in [0, 0.1) is 0 Å². The third kappa shape index (κ3) is 5.30. The Morgan fingerprint density at radius 3 is 2.35 bits per heavy atom. The van der Waals surface area contributed by atoms with E-state index < -0.39 is 6.10 Å². The van der Waals surface area contributed by atoms with E-state index >= 15 is 0 Å². The third-order valence-corrected chi connectivity index (χ3v) is 6.32. The molecule has 1 aliphatic heterocycles. The van der Waals surface area contributed by atoms with Crippen LogP contribution < -0.4 is 15.2 Å². The number of β-amino-alcohol motifs (C(OH)–C–C–N with tert-alkyl or cyclic N) is 1. The second kappa shape index (κ2) is 10.1. The number of hydrogen-bond donors (Lipinski definition) is 2. The van der Waals surface area contributed by atoms with Gasteiger partial charge in [0.25, 0.3) is 0 Å². The van der Waals surface area contributed by atoms with Gasteiger partial charge in [-0.15, -0.1) is 0 Å². The molecule has 1 aromatic heterocycles. The molecule has 0 bridgehead atoms. The number of pyridine rings is 1. The van der Waals surface area contributed by atoms with Gasteiger partial charge >= 0.3 is 0 Å².